The summed E-state index contributed by atoms with van der Waals surface area (Å²) in [5.74, 6) is 0.505. The molecule has 0 aromatic heterocycles. The first-order valence-corrected chi connectivity index (χ1v) is 10.4. The molecule has 5 heteroatoms. The lowest BCUT2D eigenvalue weighted by Gasteiger charge is -2.52. The Kier molecular flexibility index (Phi) is 4.87. The number of fused-ring (bicyclic) bond motifs is 1. The quantitative estimate of drug-likeness (QED) is 0.805. The highest BCUT2D eigenvalue weighted by Gasteiger charge is 2.53. The first-order chi connectivity index (χ1) is 13.0. The van der Waals surface area contributed by atoms with Gasteiger partial charge in [-0.2, -0.15) is 0 Å². The summed E-state index contributed by atoms with van der Waals surface area (Å²) in [5, 5.41) is 0. The molecule has 3 fully saturated rings. The van der Waals surface area contributed by atoms with Crippen LogP contribution in [0.5, 0.6) is 0 Å². The van der Waals surface area contributed by atoms with Crippen molar-refractivity contribution in [3.05, 3.63) is 29.8 Å². The van der Waals surface area contributed by atoms with E-state index in [-0.39, 0.29) is 17.4 Å². The van der Waals surface area contributed by atoms with Crippen LogP contribution in [0.1, 0.15) is 44.1 Å². The van der Waals surface area contributed by atoms with Crippen molar-refractivity contribution in [1.29, 1.82) is 0 Å². The van der Waals surface area contributed by atoms with E-state index in [0.29, 0.717) is 12.3 Å². The first kappa shape index (κ1) is 18.3. The SMILES string of the molecule is Cc1ccccc1N1CCN(C(=O)[C@@]23CCCC[C@H]2N(C)C(=O)CC3)CC1. The Morgan fingerprint density at radius 2 is 1.81 bits per heavy atom. The highest BCUT2D eigenvalue weighted by Crippen LogP contribution is 2.47. The van der Waals surface area contributed by atoms with E-state index in [1.807, 2.05) is 11.9 Å². The maximum Gasteiger partial charge on any atom is 0.231 e. The van der Waals surface area contributed by atoms with Crippen LogP contribution in [0.15, 0.2) is 24.3 Å². The van der Waals surface area contributed by atoms with Gasteiger partial charge in [0.15, 0.2) is 0 Å². The van der Waals surface area contributed by atoms with E-state index in [9.17, 15) is 9.59 Å². The van der Waals surface area contributed by atoms with E-state index < -0.39 is 0 Å². The molecule has 146 valence electrons. The van der Waals surface area contributed by atoms with Crippen molar-refractivity contribution in [1.82, 2.24) is 9.80 Å². The summed E-state index contributed by atoms with van der Waals surface area (Å²) in [7, 11) is 1.90. The molecular formula is C22H31N3O2. The Bertz CT molecular complexity index is 726. The number of aryl methyl sites for hydroxylation is 1. The summed E-state index contributed by atoms with van der Waals surface area (Å²) >= 11 is 0. The number of hydrogen-bond donors (Lipinski definition) is 0. The fourth-order valence-electron chi connectivity index (χ4n) is 5.50. The van der Waals surface area contributed by atoms with Crippen LogP contribution in [0, 0.1) is 12.3 Å². The number of anilines is 1. The van der Waals surface area contributed by atoms with Gasteiger partial charge in [-0.3, -0.25) is 9.59 Å². The zero-order chi connectivity index (χ0) is 19.0. The molecule has 0 radical (unpaired) electrons. The largest absolute Gasteiger partial charge is 0.368 e. The third-order valence-electron chi connectivity index (χ3n) is 7.08. The van der Waals surface area contributed by atoms with Crippen LogP contribution in [-0.2, 0) is 9.59 Å². The number of piperazine rings is 1. The Hall–Kier alpha value is -2.04. The van der Waals surface area contributed by atoms with Gasteiger partial charge in [0.05, 0.1) is 5.41 Å². The van der Waals surface area contributed by atoms with Crippen LogP contribution < -0.4 is 4.90 Å². The van der Waals surface area contributed by atoms with E-state index in [0.717, 1.165) is 58.3 Å². The molecule has 1 saturated carbocycles. The van der Waals surface area contributed by atoms with Crippen LogP contribution in [0.4, 0.5) is 5.69 Å². The smallest absolute Gasteiger partial charge is 0.231 e. The molecule has 1 aromatic carbocycles. The zero-order valence-corrected chi connectivity index (χ0v) is 16.6. The molecule has 2 atom stereocenters. The second-order valence-corrected chi connectivity index (χ2v) is 8.49. The summed E-state index contributed by atoms with van der Waals surface area (Å²) < 4.78 is 0. The monoisotopic (exact) mass is 369 g/mol. The van der Waals surface area contributed by atoms with Gasteiger partial charge in [0, 0.05) is 51.4 Å². The molecule has 1 aromatic rings. The van der Waals surface area contributed by atoms with Crippen LogP contribution >= 0.6 is 0 Å². The molecule has 2 heterocycles. The van der Waals surface area contributed by atoms with Crippen molar-refractivity contribution in [3.63, 3.8) is 0 Å². The van der Waals surface area contributed by atoms with E-state index in [1.54, 1.807) is 0 Å². The minimum atomic E-state index is -0.342. The van der Waals surface area contributed by atoms with Crippen molar-refractivity contribution in [3.8, 4) is 0 Å². The number of likely N-dealkylation sites (tertiary alicyclic amines) is 1. The summed E-state index contributed by atoms with van der Waals surface area (Å²) in [6.45, 7) is 5.46. The van der Waals surface area contributed by atoms with E-state index in [1.165, 1.54) is 11.3 Å². The normalized spacial score (nSPS) is 28.9. The minimum Gasteiger partial charge on any atom is -0.368 e. The number of nitrogens with zero attached hydrogens (tertiary/aromatic N) is 3. The highest BCUT2D eigenvalue weighted by atomic mass is 16.2. The minimum absolute atomic E-state index is 0.0920. The van der Waals surface area contributed by atoms with Gasteiger partial charge in [0.1, 0.15) is 0 Å². The number of carbonyl (C=O) groups excluding carboxylic acids is 2. The van der Waals surface area contributed by atoms with Crippen LogP contribution in [0.2, 0.25) is 0 Å². The molecule has 4 rings (SSSR count). The predicted molar refractivity (Wildman–Crippen MR) is 107 cm³/mol. The summed E-state index contributed by atoms with van der Waals surface area (Å²) in [4.78, 5) is 32.2. The number of rotatable bonds is 2. The van der Waals surface area contributed by atoms with E-state index in [4.69, 9.17) is 0 Å². The van der Waals surface area contributed by atoms with Crippen molar-refractivity contribution < 1.29 is 9.59 Å². The fourth-order valence-corrected chi connectivity index (χ4v) is 5.50. The number of amides is 2. The first-order valence-electron chi connectivity index (χ1n) is 10.4. The third-order valence-corrected chi connectivity index (χ3v) is 7.08. The van der Waals surface area contributed by atoms with Crippen molar-refractivity contribution in [2.75, 3.05) is 38.1 Å². The maximum atomic E-state index is 13.6. The van der Waals surface area contributed by atoms with Crippen molar-refractivity contribution >= 4 is 17.5 Å². The Morgan fingerprint density at radius 3 is 2.56 bits per heavy atom. The van der Waals surface area contributed by atoms with Gasteiger partial charge < -0.3 is 14.7 Å². The number of para-hydroxylation sites is 1. The molecule has 2 saturated heterocycles. The van der Waals surface area contributed by atoms with Crippen LogP contribution in [-0.4, -0.2) is 60.9 Å². The zero-order valence-electron chi connectivity index (χ0n) is 16.6. The third kappa shape index (κ3) is 3.11. The molecule has 0 N–H and O–H groups in total. The molecule has 0 unspecified atom stereocenters. The molecule has 2 amide bonds. The van der Waals surface area contributed by atoms with Gasteiger partial charge in [0.2, 0.25) is 11.8 Å². The molecule has 0 spiro atoms. The lowest BCUT2D eigenvalue weighted by molar-refractivity contribution is -0.160. The van der Waals surface area contributed by atoms with E-state index >= 15 is 0 Å². The lowest BCUT2D eigenvalue weighted by Crippen LogP contribution is -2.63. The Morgan fingerprint density at radius 1 is 1.07 bits per heavy atom. The second-order valence-electron chi connectivity index (χ2n) is 8.49. The van der Waals surface area contributed by atoms with Crippen molar-refractivity contribution in [2.45, 2.75) is 51.5 Å². The number of hydrogen-bond acceptors (Lipinski definition) is 3. The molecule has 27 heavy (non-hydrogen) atoms. The summed E-state index contributed by atoms with van der Waals surface area (Å²) in [6, 6.07) is 8.56. The van der Waals surface area contributed by atoms with Gasteiger partial charge in [-0.05, 0) is 37.8 Å². The summed E-state index contributed by atoms with van der Waals surface area (Å²) in [6.07, 6.45) is 5.38. The maximum absolute atomic E-state index is 13.6. The van der Waals surface area contributed by atoms with Gasteiger partial charge in [-0.1, -0.05) is 31.0 Å². The van der Waals surface area contributed by atoms with Crippen molar-refractivity contribution in [2.24, 2.45) is 5.41 Å². The summed E-state index contributed by atoms with van der Waals surface area (Å²) in [5.41, 5.74) is 2.23. The number of carbonyl (C=O) groups is 2. The standard InChI is InChI=1S/C22H31N3O2/c1-17-7-3-4-8-18(17)24-13-15-25(16-14-24)21(27)22-11-6-5-9-19(22)23(2)20(26)10-12-22/h3-4,7-8,19H,5-6,9-16H2,1-2H3/t19-,22-/m1/s1. The number of piperidine rings is 1. The predicted octanol–water partition coefficient (Wildman–Crippen LogP) is 2.82. The molecule has 1 aliphatic carbocycles. The lowest BCUT2D eigenvalue weighted by atomic mass is 9.64. The van der Waals surface area contributed by atoms with Crippen LogP contribution in [0.25, 0.3) is 0 Å². The highest BCUT2D eigenvalue weighted by molar-refractivity contribution is 5.88. The topological polar surface area (TPSA) is 43.9 Å². The van der Waals surface area contributed by atoms with Gasteiger partial charge in [-0.15, -0.1) is 0 Å². The van der Waals surface area contributed by atoms with Gasteiger partial charge in [-0.25, -0.2) is 0 Å². The van der Waals surface area contributed by atoms with E-state index in [2.05, 4.69) is 41.0 Å². The van der Waals surface area contributed by atoms with Gasteiger partial charge in [0.25, 0.3) is 0 Å². The fraction of sp³-hybridized carbons (Fsp3) is 0.636. The average Bonchev–Trinajstić information content (AvgIpc) is 2.71. The average molecular weight is 370 g/mol. The molecule has 0 bridgehead atoms. The molecule has 5 nitrogen and oxygen atoms in total. The molecular weight excluding hydrogens is 338 g/mol. The number of benzene rings is 1. The van der Waals surface area contributed by atoms with Crippen LogP contribution in [0.3, 0.4) is 0 Å². The second kappa shape index (κ2) is 7.17. The molecule has 3 aliphatic rings. The van der Waals surface area contributed by atoms with Gasteiger partial charge >= 0.3 is 0 Å². The molecule has 2 aliphatic heterocycles. The Labute approximate surface area is 162 Å². The Balaban J connectivity index is 1.48.